The van der Waals surface area contributed by atoms with Gasteiger partial charge < -0.3 is 30.0 Å². The van der Waals surface area contributed by atoms with Crippen molar-refractivity contribution in [2.24, 2.45) is 5.92 Å². The van der Waals surface area contributed by atoms with Crippen LogP contribution < -0.4 is 15.5 Å². The molecule has 39 heavy (non-hydrogen) atoms. The van der Waals surface area contributed by atoms with Crippen molar-refractivity contribution in [2.45, 2.75) is 33.7 Å². The number of carbonyl (C=O) groups excluding carboxylic acids is 1. The predicted molar refractivity (Wildman–Crippen MR) is 153 cm³/mol. The summed E-state index contributed by atoms with van der Waals surface area (Å²) in [6, 6.07) is 12.8. The van der Waals surface area contributed by atoms with Gasteiger partial charge in [-0.25, -0.2) is 4.98 Å². The first-order chi connectivity index (χ1) is 18.8. The zero-order chi connectivity index (χ0) is 27.5. The number of hydrogen-bond acceptors (Lipinski definition) is 10. The fraction of sp³-hybridized carbons (Fsp3) is 0.357. The zero-order valence-electron chi connectivity index (χ0n) is 22.5. The Hall–Kier alpha value is -4.12. The van der Waals surface area contributed by atoms with Gasteiger partial charge in [0.25, 0.3) is 5.91 Å². The number of anilines is 4. The number of amides is 1. The Balaban J connectivity index is 1.29. The predicted octanol–water partition coefficient (Wildman–Crippen LogP) is 5.36. The summed E-state index contributed by atoms with van der Waals surface area (Å²) in [4.78, 5) is 21.7. The molecule has 0 aliphatic carbocycles. The highest BCUT2D eigenvalue weighted by atomic mass is 32.1. The van der Waals surface area contributed by atoms with E-state index in [0.29, 0.717) is 43.5 Å². The van der Waals surface area contributed by atoms with Crippen LogP contribution in [0.5, 0.6) is 5.75 Å². The number of phenols is 1. The van der Waals surface area contributed by atoms with Crippen molar-refractivity contribution in [2.75, 3.05) is 41.7 Å². The molecular weight excluding hydrogens is 514 g/mol. The van der Waals surface area contributed by atoms with E-state index < -0.39 is 0 Å². The van der Waals surface area contributed by atoms with Gasteiger partial charge in [0, 0.05) is 32.4 Å². The van der Waals surface area contributed by atoms with Crippen LogP contribution in [0.25, 0.3) is 0 Å². The molecule has 204 valence electrons. The number of nitrogens with zero attached hydrogens (tertiary/aromatic N) is 5. The number of aromatic hydroxyl groups is 1. The highest BCUT2D eigenvalue weighted by Gasteiger charge is 2.27. The van der Waals surface area contributed by atoms with Gasteiger partial charge in [-0.15, -0.1) is 0 Å². The molecule has 3 aromatic heterocycles. The van der Waals surface area contributed by atoms with Gasteiger partial charge in [0.2, 0.25) is 0 Å². The number of carbonyl (C=O) groups is 1. The summed E-state index contributed by atoms with van der Waals surface area (Å²) in [5.41, 5.74) is 1.72. The smallest absolute Gasteiger partial charge is 0.257 e. The van der Waals surface area contributed by atoms with Crippen molar-refractivity contribution in [3.63, 3.8) is 0 Å². The van der Waals surface area contributed by atoms with Gasteiger partial charge in [-0.2, -0.15) is 8.75 Å². The SMILES string of the molecule is Cc1cc([C@H](Nc2nsnc2Nc2cccc(C(=O)N3CCN(c4ccccn4)CC3)c2O)C(C)C)oc1C. The summed E-state index contributed by atoms with van der Waals surface area (Å²) in [6.45, 7) is 10.6. The maximum atomic E-state index is 13.3. The van der Waals surface area contributed by atoms with E-state index in [1.165, 1.54) is 0 Å². The first-order valence-corrected chi connectivity index (χ1v) is 13.7. The normalized spacial score (nSPS) is 14.5. The second-order valence-electron chi connectivity index (χ2n) is 10.0. The number of pyridine rings is 1. The van der Waals surface area contributed by atoms with Crippen LogP contribution in [-0.4, -0.2) is 55.8 Å². The Morgan fingerprint density at radius 3 is 2.49 bits per heavy atom. The minimum absolute atomic E-state index is 0.117. The summed E-state index contributed by atoms with van der Waals surface area (Å²) in [6.07, 6.45) is 1.77. The minimum atomic E-state index is -0.213. The maximum absolute atomic E-state index is 13.3. The number of hydrogen-bond donors (Lipinski definition) is 3. The number of phenolic OH excluding ortho intramolecular Hbond substituents is 1. The summed E-state index contributed by atoms with van der Waals surface area (Å²) in [5.74, 6) is 3.52. The van der Waals surface area contributed by atoms with Gasteiger partial charge in [0.1, 0.15) is 17.3 Å². The number of aromatic nitrogens is 3. The van der Waals surface area contributed by atoms with Crippen LogP contribution in [0, 0.1) is 19.8 Å². The van der Waals surface area contributed by atoms with E-state index in [1.807, 2.05) is 38.1 Å². The minimum Gasteiger partial charge on any atom is -0.505 e. The van der Waals surface area contributed by atoms with Gasteiger partial charge in [-0.1, -0.05) is 26.0 Å². The number of furan rings is 1. The molecule has 3 N–H and O–H groups in total. The Kier molecular flexibility index (Phi) is 7.69. The lowest BCUT2D eigenvalue weighted by Gasteiger charge is -2.35. The molecule has 1 saturated heterocycles. The molecule has 1 aliphatic rings. The Morgan fingerprint density at radius 1 is 1.05 bits per heavy atom. The molecule has 0 bridgehead atoms. The molecule has 10 nitrogen and oxygen atoms in total. The van der Waals surface area contributed by atoms with Gasteiger partial charge in [0.05, 0.1) is 29.0 Å². The zero-order valence-corrected chi connectivity index (χ0v) is 23.3. The average Bonchev–Trinajstić information content (AvgIpc) is 3.53. The summed E-state index contributed by atoms with van der Waals surface area (Å²) < 4.78 is 14.8. The molecule has 11 heteroatoms. The number of benzene rings is 1. The summed E-state index contributed by atoms with van der Waals surface area (Å²) in [7, 11) is 0. The van der Waals surface area contributed by atoms with Crippen LogP contribution in [0.1, 0.15) is 47.3 Å². The van der Waals surface area contributed by atoms with Gasteiger partial charge in [-0.05, 0) is 55.7 Å². The lowest BCUT2D eigenvalue weighted by atomic mass is 10.0. The molecule has 0 radical (unpaired) electrons. The Bertz CT molecular complexity index is 1410. The molecule has 1 aromatic carbocycles. The van der Waals surface area contributed by atoms with Crippen LogP contribution in [0.4, 0.5) is 23.1 Å². The van der Waals surface area contributed by atoms with Crippen molar-refractivity contribution in [1.82, 2.24) is 18.6 Å². The van der Waals surface area contributed by atoms with Crippen molar-refractivity contribution in [3.05, 3.63) is 71.3 Å². The van der Waals surface area contributed by atoms with Crippen LogP contribution in [0.15, 0.2) is 53.1 Å². The van der Waals surface area contributed by atoms with Gasteiger partial charge >= 0.3 is 0 Å². The number of piperazine rings is 1. The third-order valence-corrected chi connectivity index (χ3v) is 7.53. The van der Waals surface area contributed by atoms with E-state index in [-0.39, 0.29) is 29.2 Å². The van der Waals surface area contributed by atoms with Gasteiger partial charge in [0.15, 0.2) is 17.4 Å². The third kappa shape index (κ3) is 5.68. The fourth-order valence-electron chi connectivity index (χ4n) is 4.63. The monoisotopic (exact) mass is 547 g/mol. The van der Waals surface area contributed by atoms with Crippen LogP contribution in [0.3, 0.4) is 0 Å². The molecule has 1 fully saturated rings. The molecule has 5 rings (SSSR count). The number of nitrogens with one attached hydrogen (secondary N) is 2. The molecule has 4 aromatic rings. The molecule has 0 unspecified atom stereocenters. The highest BCUT2D eigenvalue weighted by molar-refractivity contribution is 6.99. The Labute approximate surface area is 232 Å². The first-order valence-electron chi connectivity index (χ1n) is 13.0. The fourth-order valence-corrected chi connectivity index (χ4v) is 5.10. The van der Waals surface area contributed by atoms with E-state index in [1.54, 1.807) is 29.3 Å². The molecule has 0 saturated carbocycles. The summed E-state index contributed by atoms with van der Waals surface area (Å²) >= 11 is 1.06. The van der Waals surface area contributed by atoms with E-state index in [2.05, 4.69) is 43.1 Å². The quantitative estimate of drug-likeness (QED) is 0.250. The third-order valence-electron chi connectivity index (χ3n) is 7.00. The number of para-hydroxylation sites is 1. The molecular formula is C28H33N7O3S. The second-order valence-corrected chi connectivity index (χ2v) is 10.5. The van der Waals surface area contributed by atoms with E-state index in [4.69, 9.17) is 4.42 Å². The highest BCUT2D eigenvalue weighted by Crippen LogP contribution is 2.36. The van der Waals surface area contributed by atoms with Gasteiger partial charge in [-0.3, -0.25) is 4.79 Å². The first kappa shape index (κ1) is 26.5. The largest absolute Gasteiger partial charge is 0.505 e. The lowest BCUT2D eigenvalue weighted by Crippen LogP contribution is -2.49. The van der Waals surface area contributed by atoms with Crippen molar-refractivity contribution >= 4 is 40.8 Å². The number of aryl methyl sites for hydroxylation is 2. The standard InChI is InChI=1S/C28H33N7O3S/c1-17(2)24(22-16-18(3)19(4)38-22)31-27-26(32-39-33-27)30-21-9-7-8-20(25(21)36)28(37)35-14-12-34(13-15-35)23-10-5-6-11-29-23/h5-11,16-17,24,36H,12-15H2,1-4H3,(H,30,32)(H,31,33)/t24-/m1/s1. The van der Waals surface area contributed by atoms with Crippen LogP contribution >= 0.6 is 11.7 Å². The molecule has 0 spiro atoms. The van der Waals surface area contributed by atoms with E-state index in [9.17, 15) is 9.90 Å². The van der Waals surface area contributed by atoms with Crippen LogP contribution in [-0.2, 0) is 0 Å². The Morgan fingerprint density at radius 2 is 1.82 bits per heavy atom. The summed E-state index contributed by atoms with van der Waals surface area (Å²) in [5, 5.41) is 17.7. The topological polar surface area (TPSA) is 120 Å². The van der Waals surface area contributed by atoms with Crippen molar-refractivity contribution in [1.29, 1.82) is 0 Å². The van der Waals surface area contributed by atoms with Crippen molar-refractivity contribution < 1.29 is 14.3 Å². The molecule has 1 aliphatic heterocycles. The van der Waals surface area contributed by atoms with E-state index in [0.717, 1.165) is 34.6 Å². The van der Waals surface area contributed by atoms with E-state index >= 15 is 0 Å². The molecule has 1 amide bonds. The number of rotatable bonds is 8. The van der Waals surface area contributed by atoms with Crippen molar-refractivity contribution in [3.8, 4) is 5.75 Å². The molecule has 4 heterocycles. The van der Waals surface area contributed by atoms with Crippen LogP contribution in [0.2, 0.25) is 0 Å². The average molecular weight is 548 g/mol. The molecule has 1 atom stereocenters. The second kappa shape index (κ2) is 11.3. The maximum Gasteiger partial charge on any atom is 0.257 e. The lowest BCUT2D eigenvalue weighted by molar-refractivity contribution is 0.0743.